The van der Waals surface area contributed by atoms with E-state index in [-0.39, 0.29) is 5.91 Å². The fourth-order valence-electron chi connectivity index (χ4n) is 3.65. The molecule has 0 bridgehead atoms. The predicted octanol–water partition coefficient (Wildman–Crippen LogP) is 2.81. The molecule has 1 fully saturated rings. The molecule has 3 heterocycles. The third kappa shape index (κ3) is 4.16. The number of likely N-dealkylation sites (tertiary alicyclic amines) is 1. The molecule has 4 rings (SSSR count). The Morgan fingerprint density at radius 3 is 2.71 bits per heavy atom. The second-order valence-electron chi connectivity index (χ2n) is 7.06. The highest BCUT2D eigenvalue weighted by Crippen LogP contribution is 2.25. The van der Waals surface area contributed by atoms with Crippen molar-refractivity contribution in [2.75, 3.05) is 18.8 Å². The lowest BCUT2D eigenvalue weighted by atomic mass is 9.90. The van der Waals surface area contributed by atoms with Crippen molar-refractivity contribution in [2.45, 2.75) is 37.8 Å². The van der Waals surface area contributed by atoms with Crippen LogP contribution in [0.3, 0.4) is 0 Å². The van der Waals surface area contributed by atoms with Crippen LogP contribution < -0.4 is 0 Å². The SMILES string of the molecule is CCn1nnc2c(SCC(=O)N3CCC(Cc4ccccc4)CC3)ncnc21. The topological polar surface area (TPSA) is 76.8 Å². The van der Waals surface area contributed by atoms with Crippen molar-refractivity contribution >= 4 is 28.8 Å². The molecule has 0 unspecified atom stereocenters. The van der Waals surface area contributed by atoms with Gasteiger partial charge in [-0.05, 0) is 37.7 Å². The number of carbonyl (C=O) groups is 1. The van der Waals surface area contributed by atoms with Gasteiger partial charge in [-0.2, -0.15) is 0 Å². The summed E-state index contributed by atoms with van der Waals surface area (Å²) in [4.78, 5) is 23.2. The number of benzene rings is 1. The number of thioether (sulfide) groups is 1. The maximum absolute atomic E-state index is 12.7. The summed E-state index contributed by atoms with van der Waals surface area (Å²) in [5.41, 5.74) is 2.77. The highest BCUT2D eigenvalue weighted by atomic mass is 32.2. The van der Waals surface area contributed by atoms with Gasteiger partial charge in [0.2, 0.25) is 5.91 Å². The summed E-state index contributed by atoms with van der Waals surface area (Å²) in [6.45, 7) is 4.37. The summed E-state index contributed by atoms with van der Waals surface area (Å²) in [5.74, 6) is 1.19. The van der Waals surface area contributed by atoms with Crippen molar-refractivity contribution < 1.29 is 4.79 Å². The number of amides is 1. The maximum atomic E-state index is 12.7. The molecule has 146 valence electrons. The molecule has 28 heavy (non-hydrogen) atoms. The summed E-state index contributed by atoms with van der Waals surface area (Å²) in [5, 5.41) is 8.98. The van der Waals surface area contributed by atoms with Gasteiger partial charge in [0.25, 0.3) is 0 Å². The molecule has 1 saturated heterocycles. The molecule has 0 radical (unpaired) electrons. The van der Waals surface area contributed by atoms with Gasteiger partial charge in [0.05, 0.1) is 5.75 Å². The van der Waals surface area contributed by atoms with Gasteiger partial charge in [-0.3, -0.25) is 4.79 Å². The number of hydrogen-bond donors (Lipinski definition) is 0. The second kappa shape index (κ2) is 8.68. The standard InChI is InChI=1S/C20H24N6OS/c1-2-26-19-18(23-24-26)20(22-14-21-19)28-13-17(27)25-10-8-16(9-11-25)12-15-6-4-3-5-7-15/h3-7,14,16H,2,8-13H2,1H3. The minimum atomic E-state index is 0.165. The molecule has 0 atom stereocenters. The van der Waals surface area contributed by atoms with Crippen LogP contribution >= 0.6 is 11.8 Å². The van der Waals surface area contributed by atoms with Crippen molar-refractivity contribution in [2.24, 2.45) is 5.92 Å². The highest BCUT2D eigenvalue weighted by molar-refractivity contribution is 8.00. The molecule has 8 heteroatoms. The lowest BCUT2D eigenvalue weighted by Gasteiger charge is -2.32. The maximum Gasteiger partial charge on any atom is 0.232 e. The normalized spacial score (nSPS) is 15.2. The van der Waals surface area contributed by atoms with E-state index >= 15 is 0 Å². The average Bonchev–Trinajstić information content (AvgIpc) is 3.17. The number of aryl methyl sites for hydroxylation is 1. The third-order valence-electron chi connectivity index (χ3n) is 5.23. The average molecular weight is 397 g/mol. The van der Waals surface area contributed by atoms with Crippen LogP contribution in [0.2, 0.25) is 0 Å². The smallest absolute Gasteiger partial charge is 0.232 e. The van der Waals surface area contributed by atoms with Crippen LogP contribution in [0.1, 0.15) is 25.3 Å². The van der Waals surface area contributed by atoms with Crippen molar-refractivity contribution in [1.82, 2.24) is 29.9 Å². The van der Waals surface area contributed by atoms with E-state index in [0.29, 0.717) is 29.4 Å². The van der Waals surface area contributed by atoms with Crippen LogP contribution in [0.4, 0.5) is 0 Å². The minimum Gasteiger partial charge on any atom is -0.342 e. The fraction of sp³-hybridized carbons (Fsp3) is 0.450. The molecular formula is C20H24N6OS. The van der Waals surface area contributed by atoms with Gasteiger partial charge in [0, 0.05) is 19.6 Å². The van der Waals surface area contributed by atoms with Crippen molar-refractivity contribution in [3.05, 3.63) is 42.2 Å². The molecule has 1 aliphatic heterocycles. The van der Waals surface area contributed by atoms with Gasteiger partial charge in [-0.15, -0.1) is 5.10 Å². The predicted molar refractivity (Wildman–Crippen MR) is 109 cm³/mol. The molecule has 0 N–H and O–H groups in total. The van der Waals surface area contributed by atoms with Gasteiger partial charge < -0.3 is 4.90 Å². The Kier molecular flexibility index (Phi) is 5.85. The van der Waals surface area contributed by atoms with E-state index in [2.05, 4.69) is 50.6 Å². The first-order valence-corrected chi connectivity index (χ1v) is 10.7. The Bertz CT molecular complexity index is 936. The van der Waals surface area contributed by atoms with Crippen LogP contribution in [-0.4, -0.2) is 54.6 Å². The number of nitrogens with zero attached hydrogens (tertiary/aromatic N) is 6. The summed E-state index contributed by atoms with van der Waals surface area (Å²) in [7, 11) is 0. The summed E-state index contributed by atoms with van der Waals surface area (Å²) < 4.78 is 1.74. The van der Waals surface area contributed by atoms with Crippen LogP contribution in [0.25, 0.3) is 11.2 Å². The molecule has 1 aliphatic rings. The zero-order valence-electron chi connectivity index (χ0n) is 16.0. The lowest BCUT2D eigenvalue weighted by molar-refractivity contribution is -0.129. The Morgan fingerprint density at radius 2 is 1.96 bits per heavy atom. The largest absolute Gasteiger partial charge is 0.342 e. The molecule has 2 aromatic heterocycles. The van der Waals surface area contributed by atoms with E-state index in [9.17, 15) is 4.79 Å². The Hall–Kier alpha value is -2.48. The van der Waals surface area contributed by atoms with Crippen molar-refractivity contribution in [3.63, 3.8) is 0 Å². The molecule has 0 aliphatic carbocycles. The van der Waals surface area contributed by atoms with Crippen LogP contribution in [0.15, 0.2) is 41.7 Å². The number of rotatable bonds is 6. The van der Waals surface area contributed by atoms with E-state index in [1.165, 1.54) is 23.7 Å². The number of hydrogen-bond acceptors (Lipinski definition) is 6. The Morgan fingerprint density at radius 1 is 1.18 bits per heavy atom. The second-order valence-corrected chi connectivity index (χ2v) is 8.02. The molecule has 0 saturated carbocycles. The van der Waals surface area contributed by atoms with Gasteiger partial charge in [0.15, 0.2) is 11.2 Å². The first-order valence-electron chi connectivity index (χ1n) is 9.73. The number of piperidine rings is 1. The quantitative estimate of drug-likeness (QED) is 0.471. The van der Waals surface area contributed by atoms with E-state index in [4.69, 9.17) is 0 Å². The zero-order chi connectivity index (χ0) is 19.3. The van der Waals surface area contributed by atoms with Crippen LogP contribution in [0.5, 0.6) is 0 Å². The molecule has 0 spiro atoms. The molecule has 1 amide bonds. The summed E-state index contributed by atoms with van der Waals surface area (Å²) in [6.07, 6.45) is 4.74. The zero-order valence-corrected chi connectivity index (χ0v) is 16.8. The number of fused-ring (bicyclic) bond motifs is 1. The summed E-state index contributed by atoms with van der Waals surface area (Å²) >= 11 is 1.42. The van der Waals surface area contributed by atoms with Crippen molar-refractivity contribution in [3.8, 4) is 0 Å². The highest BCUT2D eigenvalue weighted by Gasteiger charge is 2.23. The molecule has 3 aromatic rings. The van der Waals surface area contributed by atoms with Crippen molar-refractivity contribution in [1.29, 1.82) is 0 Å². The Labute approximate surface area is 168 Å². The first kappa shape index (κ1) is 18.9. The van der Waals surface area contributed by atoms with Gasteiger partial charge in [0.1, 0.15) is 11.4 Å². The van der Waals surface area contributed by atoms with Gasteiger partial charge >= 0.3 is 0 Å². The van der Waals surface area contributed by atoms with Crippen LogP contribution in [0, 0.1) is 5.92 Å². The van der Waals surface area contributed by atoms with E-state index in [1.54, 1.807) is 4.68 Å². The third-order valence-corrected chi connectivity index (χ3v) is 6.20. The van der Waals surface area contributed by atoms with Gasteiger partial charge in [-0.1, -0.05) is 47.3 Å². The summed E-state index contributed by atoms with van der Waals surface area (Å²) in [6, 6.07) is 10.6. The van der Waals surface area contributed by atoms with E-state index in [0.717, 1.165) is 37.4 Å². The Balaban J connectivity index is 1.30. The van der Waals surface area contributed by atoms with Gasteiger partial charge in [-0.25, -0.2) is 14.6 Å². The molecule has 7 nitrogen and oxygen atoms in total. The minimum absolute atomic E-state index is 0.165. The fourth-order valence-corrected chi connectivity index (χ4v) is 4.48. The first-order chi connectivity index (χ1) is 13.7. The number of carbonyl (C=O) groups excluding carboxylic acids is 1. The van der Waals surface area contributed by atoms with E-state index < -0.39 is 0 Å². The van der Waals surface area contributed by atoms with E-state index in [1.807, 2.05) is 11.8 Å². The van der Waals surface area contributed by atoms with Crippen LogP contribution in [-0.2, 0) is 17.8 Å². The monoisotopic (exact) mass is 396 g/mol. The molecule has 1 aromatic carbocycles. The molecular weight excluding hydrogens is 372 g/mol. The number of aromatic nitrogens is 5. The lowest BCUT2D eigenvalue weighted by Crippen LogP contribution is -2.39.